The summed E-state index contributed by atoms with van der Waals surface area (Å²) in [5.41, 5.74) is 6.88. The minimum absolute atomic E-state index is 0.0669. The van der Waals surface area contributed by atoms with E-state index in [2.05, 4.69) is 0 Å². The summed E-state index contributed by atoms with van der Waals surface area (Å²) < 4.78 is 11.7. The molecular weight excluding hydrogens is 250 g/mol. The van der Waals surface area contributed by atoms with Gasteiger partial charge in [0.15, 0.2) is 0 Å². The topological polar surface area (TPSA) is 44.5 Å². The van der Waals surface area contributed by atoms with Crippen molar-refractivity contribution in [2.45, 2.75) is 44.1 Å². The zero-order valence-corrected chi connectivity index (χ0v) is 12.1. The fourth-order valence-electron chi connectivity index (χ4n) is 5.14. The van der Waals surface area contributed by atoms with Crippen LogP contribution in [0.2, 0.25) is 0 Å². The Morgan fingerprint density at radius 2 is 1.65 bits per heavy atom. The Labute approximate surface area is 120 Å². The van der Waals surface area contributed by atoms with Gasteiger partial charge >= 0.3 is 0 Å². The molecule has 1 aromatic rings. The highest BCUT2D eigenvalue weighted by molar-refractivity contribution is 5.56. The van der Waals surface area contributed by atoms with E-state index in [1.807, 2.05) is 18.2 Å². The summed E-state index contributed by atoms with van der Waals surface area (Å²) in [4.78, 5) is 0. The molecule has 3 heteroatoms. The summed E-state index contributed by atoms with van der Waals surface area (Å²) in [5, 5.41) is 0. The molecule has 108 valence electrons. The van der Waals surface area contributed by atoms with Crippen molar-refractivity contribution in [3.8, 4) is 11.5 Å². The first-order valence-corrected chi connectivity index (χ1v) is 7.78. The largest absolute Gasteiger partial charge is 0.497 e. The van der Waals surface area contributed by atoms with Crippen molar-refractivity contribution < 1.29 is 9.47 Å². The predicted molar refractivity (Wildman–Crippen MR) is 78.9 cm³/mol. The molecule has 3 nitrogen and oxygen atoms in total. The molecule has 0 spiro atoms. The van der Waals surface area contributed by atoms with Crippen LogP contribution in [-0.4, -0.2) is 12.7 Å². The molecule has 4 fully saturated rings. The third-order valence-corrected chi connectivity index (χ3v) is 5.53. The lowest BCUT2D eigenvalue weighted by Crippen LogP contribution is -2.53. The van der Waals surface area contributed by atoms with Crippen LogP contribution in [0.3, 0.4) is 0 Å². The molecule has 0 saturated heterocycles. The highest BCUT2D eigenvalue weighted by atomic mass is 16.5. The summed E-state index contributed by atoms with van der Waals surface area (Å²) in [6.07, 6.45) is 7.97. The normalized spacial score (nSPS) is 38.0. The van der Waals surface area contributed by atoms with Crippen molar-refractivity contribution in [2.24, 2.45) is 17.8 Å². The molecule has 4 bridgehead atoms. The van der Waals surface area contributed by atoms with E-state index in [0.717, 1.165) is 29.3 Å². The maximum absolute atomic E-state index is 6.46. The molecule has 20 heavy (non-hydrogen) atoms. The Balaban J connectivity index is 1.59. The minimum Gasteiger partial charge on any atom is -0.497 e. The first kappa shape index (κ1) is 12.4. The van der Waals surface area contributed by atoms with Gasteiger partial charge in [0.25, 0.3) is 0 Å². The van der Waals surface area contributed by atoms with E-state index in [4.69, 9.17) is 15.2 Å². The van der Waals surface area contributed by atoms with Gasteiger partial charge in [-0.15, -0.1) is 0 Å². The fourth-order valence-corrected chi connectivity index (χ4v) is 5.14. The van der Waals surface area contributed by atoms with Crippen LogP contribution in [0.25, 0.3) is 0 Å². The third kappa shape index (κ3) is 1.95. The Morgan fingerprint density at radius 3 is 2.15 bits per heavy atom. The van der Waals surface area contributed by atoms with E-state index in [-0.39, 0.29) is 5.60 Å². The second kappa shape index (κ2) is 4.31. The van der Waals surface area contributed by atoms with Crippen molar-refractivity contribution in [1.82, 2.24) is 0 Å². The molecule has 0 amide bonds. The van der Waals surface area contributed by atoms with Gasteiger partial charge in [-0.2, -0.15) is 0 Å². The van der Waals surface area contributed by atoms with E-state index in [1.54, 1.807) is 7.11 Å². The molecule has 0 unspecified atom stereocenters. The van der Waals surface area contributed by atoms with E-state index in [1.165, 1.54) is 38.5 Å². The summed E-state index contributed by atoms with van der Waals surface area (Å²) >= 11 is 0. The monoisotopic (exact) mass is 273 g/mol. The quantitative estimate of drug-likeness (QED) is 0.855. The van der Waals surface area contributed by atoms with Crippen molar-refractivity contribution in [1.29, 1.82) is 0 Å². The highest BCUT2D eigenvalue weighted by Gasteiger charge is 2.52. The Hall–Kier alpha value is -1.38. The lowest BCUT2D eigenvalue weighted by atomic mass is 9.54. The molecular formula is C17H23NO2. The number of nitrogens with two attached hydrogens (primary N) is 1. The minimum atomic E-state index is 0.0669. The van der Waals surface area contributed by atoms with Crippen LogP contribution in [-0.2, 0) is 0 Å². The number of hydrogen-bond acceptors (Lipinski definition) is 3. The molecule has 4 aliphatic rings. The van der Waals surface area contributed by atoms with Crippen LogP contribution in [0.5, 0.6) is 11.5 Å². The van der Waals surface area contributed by atoms with Gasteiger partial charge in [-0.25, -0.2) is 0 Å². The highest BCUT2D eigenvalue weighted by Crippen LogP contribution is 2.57. The van der Waals surface area contributed by atoms with E-state index in [0.29, 0.717) is 5.69 Å². The van der Waals surface area contributed by atoms with Crippen LogP contribution in [0.4, 0.5) is 5.69 Å². The van der Waals surface area contributed by atoms with Gasteiger partial charge in [-0.3, -0.25) is 0 Å². The van der Waals surface area contributed by atoms with Gasteiger partial charge in [0.05, 0.1) is 12.8 Å². The van der Waals surface area contributed by atoms with Gasteiger partial charge in [0, 0.05) is 6.07 Å². The molecule has 0 radical (unpaired) electrons. The molecule has 4 aliphatic carbocycles. The van der Waals surface area contributed by atoms with E-state index < -0.39 is 0 Å². The van der Waals surface area contributed by atoms with Gasteiger partial charge in [0.2, 0.25) is 0 Å². The second-order valence-corrected chi connectivity index (χ2v) is 7.11. The van der Waals surface area contributed by atoms with Crippen molar-refractivity contribution in [3.63, 3.8) is 0 Å². The van der Waals surface area contributed by atoms with Crippen LogP contribution < -0.4 is 15.2 Å². The van der Waals surface area contributed by atoms with Crippen molar-refractivity contribution >= 4 is 5.69 Å². The second-order valence-electron chi connectivity index (χ2n) is 7.11. The van der Waals surface area contributed by atoms with E-state index >= 15 is 0 Å². The average molecular weight is 273 g/mol. The molecule has 0 aliphatic heterocycles. The van der Waals surface area contributed by atoms with Crippen molar-refractivity contribution in [2.75, 3.05) is 12.8 Å². The standard InChI is InChI=1S/C17H23NO2/c1-19-14-2-3-16(15(18)7-14)20-17-8-11-4-12(9-17)6-13(5-11)10-17/h2-3,7,11-13H,4-6,8-10,18H2,1H3. The van der Waals surface area contributed by atoms with Gasteiger partial charge in [0.1, 0.15) is 17.1 Å². The number of rotatable bonds is 3. The zero-order valence-electron chi connectivity index (χ0n) is 12.1. The van der Waals surface area contributed by atoms with Gasteiger partial charge < -0.3 is 15.2 Å². The summed E-state index contributed by atoms with van der Waals surface area (Å²) in [6.45, 7) is 0. The zero-order chi connectivity index (χ0) is 13.7. The van der Waals surface area contributed by atoms with Crippen LogP contribution >= 0.6 is 0 Å². The molecule has 4 saturated carbocycles. The molecule has 5 rings (SSSR count). The number of ether oxygens (including phenoxy) is 2. The van der Waals surface area contributed by atoms with Gasteiger partial charge in [-0.1, -0.05) is 0 Å². The molecule has 0 heterocycles. The maximum atomic E-state index is 6.46. The van der Waals surface area contributed by atoms with Crippen LogP contribution in [0, 0.1) is 17.8 Å². The summed E-state index contributed by atoms with van der Waals surface area (Å²) in [5.74, 6) is 4.30. The summed E-state index contributed by atoms with van der Waals surface area (Å²) in [7, 11) is 1.66. The SMILES string of the molecule is COc1ccc(OC23CC4CC(CC(C4)C2)C3)c(N)c1. The first-order chi connectivity index (χ1) is 9.66. The molecule has 1 aromatic carbocycles. The lowest BCUT2D eigenvalue weighted by molar-refractivity contribution is -0.107. The lowest BCUT2D eigenvalue weighted by Gasteiger charge is -2.56. The molecule has 0 atom stereocenters. The van der Waals surface area contributed by atoms with Gasteiger partial charge in [-0.05, 0) is 68.4 Å². The molecule has 0 aromatic heterocycles. The van der Waals surface area contributed by atoms with Crippen LogP contribution in [0.1, 0.15) is 38.5 Å². The number of benzene rings is 1. The van der Waals surface area contributed by atoms with Crippen LogP contribution in [0.15, 0.2) is 18.2 Å². The number of nitrogen functional groups attached to an aromatic ring is 1. The third-order valence-electron chi connectivity index (χ3n) is 5.53. The molecule has 2 N–H and O–H groups in total. The summed E-state index contributed by atoms with van der Waals surface area (Å²) in [6, 6.07) is 5.76. The average Bonchev–Trinajstić information content (AvgIpc) is 2.39. The van der Waals surface area contributed by atoms with Crippen molar-refractivity contribution in [3.05, 3.63) is 18.2 Å². The Morgan fingerprint density at radius 1 is 1.05 bits per heavy atom. The number of methoxy groups -OCH3 is 1. The smallest absolute Gasteiger partial charge is 0.143 e. The van der Waals surface area contributed by atoms with E-state index in [9.17, 15) is 0 Å². The fraction of sp³-hybridized carbons (Fsp3) is 0.647. The predicted octanol–water partition coefficient (Wildman–Crippen LogP) is 3.63. The first-order valence-electron chi connectivity index (χ1n) is 7.78. The maximum Gasteiger partial charge on any atom is 0.143 e. The number of anilines is 1. The Kier molecular flexibility index (Phi) is 2.66. The Bertz CT molecular complexity index is 490. The number of hydrogen-bond donors (Lipinski definition) is 1.